The normalized spacial score (nSPS) is 14.8. The van der Waals surface area contributed by atoms with Crippen molar-refractivity contribution < 1.29 is 34.2 Å². The van der Waals surface area contributed by atoms with Crippen LogP contribution in [0.4, 0.5) is 0 Å². The molecule has 0 aromatic heterocycles. The molecule has 0 radical (unpaired) electrons. The average Bonchev–Trinajstić information content (AvgIpc) is 2.89. The minimum atomic E-state index is -1.20. The van der Waals surface area contributed by atoms with Crippen LogP contribution < -0.4 is 33.2 Å². The van der Waals surface area contributed by atoms with E-state index in [2.05, 4.69) is 16.0 Å². The maximum absolute atomic E-state index is 13.4. The smallest absolute Gasteiger partial charge is 0.326 e. The molecule has 0 bridgehead atoms. The molecule has 4 amide bonds. The summed E-state index contributed by atoms with van der Waals surface area (Å²) in [4.78, 5) is 62.0. The van der Waals surface area contributed by atoms with Crippen LogP contribution in [0.1, 0.15) is 57.9 Å². The van der Waals surface area contributed by atoms with Gasteiger partial charge >= 0.3 is 5.97 Å². The SMILES string of the molecule is CCC(C)C(NC(=O)C(Cc1ccc(O)cc1)NC(=O)C(N)CCC(N)=O)C(=O)NC(CCCCN)C(=O)O. The predicted molar refractivity (Wildman–Crippen MR) is 144 cm³/mol. The van der Waals surface area contributed by atoms with Crippen molar-refractivity contribution in [3.8, 4) is 5.75 Å². The first-order valence-corrected chi connectivity index (χ1v) is 13.0. The zero-order valence-corrected chi connectivity index (χ0v) is 22.5. The highest BCUT2D eigenvalue weighted by molar-refractivity contribution is 5.94. The van der Waals surface area contributed by atoms with Crippen molar-refractivity contribution >= 4 is 29.6 Å². The number of phenols is 1. The Morgan fingerprint density at radius 2 is 1.51 bits per heavy atom. The van der Waals surface area contributed by atoms with Crippen LogP contribution in [-0.2, 0) is 30.4 Å². The molecule has 0 aliphatic carbocycles. The third-order valence-corrected chi connectivity index (χ3v) is 6.40. The second-order valence-corrected chi connectivity index (χ2v) is 9.60. The predicted octanol–water partition coefficient (Wildman–Crippen LogP) is -0.758. The molecule has 11 N–H and O–H groups in total. The van der Waals surface area contributed by atoms with Gasteiger partial charge in [0.05, 0.1) is 6.04 Å². The summed E-state index contributed by atoms with van der Waals surface area (Å²) in [6.07, 6.45) is 1.66. The number of benzene rings is 1. The number of nitrogens with two attached hydrogens (primary N) is 3. The number of carbonyl (C=O) groups excluding carboxylic acids is 4. The fourth-order valence-corrected chi connectivity index (χ4v) is 3.75. The Labute approximate surface area is 228 Å². The number of phenolic OH excluding ortho intramolecular Hbond substituents is 1. The first-order valence-electron chi connectivity index (χ1n) is 13.0. The van der Waals surface area contributed by atoms with Crippen molar-refractivity contribution in [2.45, 2.75) is 83.0 Å². The molecule has 5 atom stereocenters. The van der Waals surface area contributed by atoms with E-state index in [0.717, 1.165) is 0 Å². The lowest BCUT2D eigenvalue weighted by Crippen LogP contribution is -2.59. The highest BCUT2D eigenvalue weighted by Crippen LogP contribution is 2.14. The number of aromatic hydroxyl groups is 1. The number of carboxylic acid groups (broad SMARTS) is 1. The average molecular weight is 551 g/mol. The number of nitrogens with one attached hydrogen (secondary N) is 3. The Balaban J connectivity index is 3.12. The summed E-state index contributed by atoms with van der Waals surface area (Å²) in [5, 5.41) is 26.9. The third kappa shape index (κ3) is 12.1. The van der Waals surface area contributed by atoms with Gasteiger partial charge in [-0.3, -0.25) is 19.2 Å². The Morgan fingerprint density at radius 1 is 0.897 bits per heavy atom. The van der Waals surface area contributed by atoms with Crippen molar-refractivity contribution in [3.63, 3.8) is 0 Å². The second kappa shape index (κ2) is 17.0. The van der Waals surface area contributed by atoms with E-state index in [1.54, 1.807) is 19.1 Å². The maximum atomic E-state index is 13.4. The molecule has 1 aromatic carbocycles. The molecule has 0 heterocycles. The quantitative estimate of drug-likeness (QED) is 0.107. The summed E-state index contributed by atoms with van der Waals surface area (Å²) in [6, 6.07) is 1.50. The number of amides is 4. The molecule has 0 fully saturated rings. The molecule has 1 rings (SSSR count). The van der Waals surface area contributed by atoms with E-state index in [1.807, 2.05) is 6.92 Å². The molecule has 218 valence electrons. The summed E-state index contributed by atoms with van der Waals surface area (Å²) in [7, 11) is 0. The number of carbonyl (C=O) groups is 5. The van der Waals surface area contributed by atoms with E-state index in [9.17, 15) is 34.2 Å². The lowest BCUT2D eigenvalue weighted by Gasteiger charge is -2.28. The number of aliphatic carboxylic acids is 1. The standard InChI is InChI=1S/C26H42N6O7/c1-3-15(2)22(25(37)30-19(26(38)39)6-4-5-13-27)32-24(36)20(14-16-7-9-17(33)10-8-16)31-23(35)18(28)11-12-21(29)34/h7-10,15,18-20,22,33H,3-6,11-14,27-28H2,1-2H3,(H2,29,34)(H,30,37)(H,31,35)(H,32,36)(H,38,39). The summed E-state index contributed by atoms with van der Waals surface area (Å²) in [6.45, 7) is 3.95. The van der Waals surface area contributed by atoms with Gasteiger partial charge in [-0.25, -0.2) is 4.79 Å². The molecule has 0 saturated heterocycles. The first-order chi connectivity index (χ1) is 18.4. The van der Waals surface area contributed by atoms with Gasteiger partial charge in [0.25, 0.3) is 0 Å². The van der Waals surface area contributed by atoms with Crippen molar-refractivity contribution in [1.82, 2.24) is 16.0 Å². The summed E-state index contributed by atoms with van der Waals surface area (Å²) in [5.41, 5.74) is 17.1. The topological polar surface area (TPSA) is 240 Å². The molecule has 13 heteroatoms. The molecular formula is C26H42N6O7. The monoisotopic (exact) mass is 550 g/mol. The third-order valence-electron chi connectivity index (χ3n) is 6.40. The number of rotatable bonds is 18. The van der Waals surface area contributed by atoms with E-state index in [4.69, 9.17) is 17.2 Å². The molecule has 0 spiro atoms. The minimum Gasteiger partial charge on any atom is -0.508 e. The first kappa shape index (κ1) is 33.3. The van der Waals surface area contributed by atoms with Crippen molar-refractivity contribution in [2.24, 2.45) is 23.1 Å². The fraction of sp³-hybridized carbons (Fsp3) is 0.577. The van der Waals surface area contributed by atoms with Crippen molar-refractivity contribution in [2.75, 3.05) is 6.54 Å². The Hall–Kier alpha value is -3.71. The van der Waals surface area contributed by atoms with Crippen LogP contribution in [0.5, 0.6) is 5.75 Å². The van der Waals surface area contributed by atoms with Crippen LogP contribution in [0.15, 0.2) is 24.3 Å². The van der Waals surface area contributed by atoms with Gasteiger partial charge in [0.15, 0.2) is 0 Å². The lowest BCUT2D eigenvalue weighted by atomic mass is 9.96. The van der Waals surface area contributed by atoms with E-state index in [0.29, 0.717) is 31.4 Å². The zero-order valence-electron chi connectivity index (χ0n) is 22.5. The summed E-state index contributed by atoms with van der Waals surface area (Å²) in [5.74, 6) is -4.20. The maximum Gasteiger partial charge on any atom is 0.326 e. The number of hydrogen-bond acceptors (Lipinski definition) is 8. The number of hydrogen-bond donors (Lipinski definition) is 8. The molecule has 5 unspecified atom stereocenters. The number of primary amides is 1. The van der Waals surface area contributed by atoms with Crippen LogP contribution in [0.3, 0.4) is 0 Å². The Bertz CT molecular complexity index is 972. The van der Waals surface area contributed by atoms with Gasteiger partial charge in [-0.1, -0.05) is 32.4 Å². The second-order valence-electron chi connectivity index (χ2n) is 9.60. The Kier molecular flexibility index (Phi) is 14.5. The van der Waals surface area contributed by atoms with Crippen molar-refractivity contribution in [1.29, 1.82) is 0 Å². The largest absolute Gasteiger partial charge is 0.508 e. The summed E-state index contributed by atoms with van der Waals surface area (Å²) < 4.78 is 0. The van der Waals surface area contributed by atoms with Crippen LogP contribution in [0.25, 0.3) is 0 Å². The molecular weight excluding hydrogens is 508 g/mol. The van der Waals surface area contributed by atoms with Gasteiger partial charge in [0, 0.05) is 12.8 Å². The molecule has 13 nitrogen and oxygen atoms in total. The van der Waals surface area contributed by atoms with Gasteiger partial charge in [-0.15, -0.1) is 0 Å². The summed E-state index contributed by atoms with van der Waals surface area (Å²) >= 11 is 0. The molecule has 0 saturated carbocycles. The van der Waals surface area contributed by atoms with E-state index >= 15 is 0 Å². The van der Waals surface area contributed by atoms with Crippen molar-refractivity contribution in [3.05, 3.63) is 29.8 Å². The van der Waals surface area contributed by atoms with Gasteiger partial charge < -0.3 is 43.4 Å². The van der Waals surface area contributed by atoms with Gasteiger partial charge in [-0.05, 0) is 55.8 Å². The van der Waals surface area contributed by atoms with Crippen LogP contribution >= 0.6 is 0 Å². The fourth-order valence-electron chi connectivity index (χ4n) is 3.75. The number of unbranched alkanes of at least 4 members (excludes halogenated alkanes) is 1. The van der Waals surface area contributed by atoms with E-state index < -0.39 is 53.8 Å². The van der Waals surface area contributed by atoms with Gasteiger partial charge in [-0.2, -0.15) is 0 Å². The van der Waals surface area contributed by atoms with Crippen LogP contribution in [-0.4, -0.2) is 70.5 Å². The highest BCUT2D eigenvalue weighted by Gasteiger charge is 2.32. The van der Waals surface area contributed by atoms with Gasteiger partial charge in [0.2, 0.25) is 23.6 Å². The Morgan fingerprint density at radius 3 is 2.05 bits per heavy atom. The van der Waals surface area contributed by atoms with Crippen LogP contribution in [0.2, 0.25) is 0 Å². The van der Waals surface area contributed by atoms with Gasteiger partial charge in [0.1, 0.15) is 23.9 Å². The molecule has 1 aromatic rings. The highest BCUT2D eigenvalue weighted by atomic mass is 16.4. The minimum absolute atomic E-state index is 0.00603. The molecule has 39 heavy (non-hydrogen) atoms. The van der Waals surface area contributed by atoms with E-state index in [-0.39, 0.29) is 37.4 Å². The van der Waals surface area contributed by atoms with Crippen LogP contribution in [0, 0.1) is 5.92 Å². The van der Waals surface area contributed by atoms with E-state index in [1.165, 1.54) is 12.1 Å². The number of carboxylic acids is 1. The lowest BCUT2D eigenvalue weighted by molar-refractivity contribution is -0.143. The molecule has 0 aliphatic rings. The zero-order chi connectivity index (χ0) is 29.5. The molecule has 0 aliphatic heterocycles.